The third-order valence-electron chi connectivity index (χ3n) is 3.43. The molecule has 0 saturated heterocycles. The first-order chi connectivity index (χ1) is 11.9. The number of methoxy groups -OCH3 is 1. The zero-order chi connectivity index (χ0) is 19.0. The molecule has 0 aliphatic carbocycles. The first kappa shape index (κ1) is 20.4. The van der Waals surface area contributed by atoms with Crippen LogP contribution >= 0.6 is 0 Å². The molecule has 0 fully saturated rings. The fourth-order valence-electron chi connectivity index (χ4n) is 2.36. The van der Waals surface area contributed by atoms with Crippen LogP contribution in [0.25, 0.3) is 0 Å². The number of carbonyl (C=O) groups is 2. The van der Waals surface area contributed by atoms with Gasteiger partial charge in [-0.2, -0.15) is 5.26 Å². The molecule has 0 N–H and O–H groups in total. The molecule has 0 aliphatic heterocycles. The minimum absolute atomic E-state index is 0.0171. The number of esters is 2. The standard InChI is InChI=1S/C17H19F2NO5/c1-4-24-15(21)8-11(12(9-20)17(22)25-5-2)16-13(18)6-10(23-3)7-14(16)19/h6-7,11-12H,4-5,8H2,1-3H3. The van der Waals surface area contributed by atoms with E-state index in [9.17, 15) is 23.6 Å². The molecule has 0 aromatic heterocycles. The highest BCUT2D eigenvalue weighted by Gasteiger charge is 2.37. The van der Waals surface area contributed by atoms with E-state index in [1.54, 1.807) is 13.0 Å². The third-order valence-corrected chi connectivity index (χ3v) is 3.43. The number of halogens is 2. The summed E-state index contributed by atoms with van der Waals surface area (Å²) in [5.41, 5.74) is -0.562. The van der Waals surface area contributed by atoms with E-state index in [2.05, 4.69) is 0 Å². The Hall–Kier alpha value is -2.69. The van der Waals surface area contributed by atoms with E-state index in [0.29, 0.717) is 0 Å². The second kappa shape index (κ2) is 9.57. The van der Waals surface area contributed by atoms with Crippen molar-refractivity contribution in [2.75, 3.05) is 20.3 Å². The van der Waals surface area contributed by atoms with Crippen LogP contribution in [0.2, 0.25) is 0 Å². The number of rotatable bonds is 8. The van der Waals surface area contributed by atoms with Gasteiger partial charge in [-0.25, -0.2) is 8.78 Å². The van der Waals surface area contributed by atoms with Crippen LogP contribution in [-0.2, 0) is 19.1 Å². The molecule has 0 aliphatic rings. The van der Waals surface area contributed by atoms with Crippen molar-refractivity contribution in [3.8, 4) is 11.8 Å². The Morgan fingerprint density at radius 2 is 1.72 bits per heavy atom. The molecule has 2 atom stereocenters. The maximum atomic E-state index is 14.4. The van der Waals surface area contributed by atoms with E-state index in [4.69, 9.17) is 14.2 Å². The summed E-state index contributed by atoms with van der Waals surface area (Å²) in [7, 11) is 1.24. The molecule has 8 heteroatoms. The monoisotopic (exact) mass is 355 g/mol. The summed E-state index contributed by atoms with van der Waals surface area (Å²) in [6, 6.07) is 3.49. The van der Waals surface area contributed by atoms with Crippen molar-refractivity contribution in [1.29, 1.82) is 5.26 Å². The van der Waals surface area contributed by atoms with Crippen LogP contribution in [0.3, 0.4) is 0 Å². The first-order valence-corrected chi connectivity index (χ1v) is 7.64. The van der Waals surface area contributed by atoms with Gasteiger partial charge in [-0.05, 0) is 13.8 Å². The first-order valence-electron chi connectivity index (χ1n) is 7.64. The molecule has 2 unspecified atom stereocenters. The fourth-order valence-corrected chi connectivity index (χ4v) is 2.36. The van der Waals surface area contributed by atoms with Crippen molar-refractivity contribution >= 4 is 11.9 Å². The molecule has 136 valence electrons. The number of hydrogen-bond acceptors (Lipinski definition) is 6. The maximum Gasteiger partial charge on any atom is 0.323 e. The quantitative estimate of drug-likeness (QED) is 0.667. The van der Waals surface area contributed by atoms with Crippen LogP contribution in [0.5, 0.6) is 5.75 Å². The summed E-state index contributed by atoms with van der Waals surface area (Å²) < 4.78 is 43.1. The number of ether oxygens (including phenoxy) is 3. The molecular formula is C17H19F2NO5. The second-order valence-electron chi connectivity index (χ2n) is 4.98. The lowest BCUT2D eigenvalue weighted by Crippen LogP contribution is -2.27. The van der Waals surface area contributed by atoms with Gasteiger partial charge >= 0.3 is 11.9 Å². The van der Waals surface area contributed by atoms with Crippen molar-refractivity contribution in [2.45, 2.75) is 26.2 Å². The van der Waals surface area contributed by atoms with E-state index < -0.39 is 47.4 Å². The highest BCUT2D eigenvalue weighted by molar-refractivity contribution is 5.79. The summed E-state index contributed by atoms with van der Waals surface area (Å²) in [6.45, 7) is 3.13. The lowest BCUT2D eigenvalue weighted by atomic mass is 9.83. The molecule has 0 amide bonds. The Morgan fingerprint density at radius 3 is 2.16 bits per heavy atom. The van der Waals surface area contributed by atoms with Crippen molar-refractivity contribution in [3.63, 3.8) is 0 Å². The molecule has 0 saturated carbocycles. The predicted molar refractivity (Wildman–Crippen MR) is 82.6 cm³/mol. The predicted octanol–water partition coefficient (Wildman–Crippen LogP) is 2.71. The van der Waals surface area contributed by atoms with Gasteiger partial charge < -0.3 is 14.2 Å². The third kappa shape index (κ3) is 5.14. The van der Waals surface area contributed by atoms with Crippen LogP contribution in [0, 0.1) is 28.9 Å². The van der Waals surface area contributed by atoms with E-state index in [1.807, 2.05) is 0 Å². The Labute approximate surface area is 144 Å². The molecule has 1 aromatic rings. The van der Waals surface area contributed by atoms with Crippen molar-refractivity contribution in [1.82, 2.24) is 0 Å². The van der Waals surface area contributed by atoms with Crippen molar-refractivity contribution in [3.05, 3.63) is 29.3 Å². The van der Waals surface area contributed by atoms with E-state index in [-0.39, 0.29) is 19.0 Å². The lowest BCUT2D eigenvalue weighted by Gasteiger charge is -2.22. The Kier molecular flexibility index (Phi) is 7.79. The van der Waals surface area contributed by atoms with Gasteiger partial charge in [0.15, 0.2) is 5.92 Å². The molecule has 0 radical (unpaired) electrons. The van der Waals surface area contributed by atoms with Gasteiger partial charge in [0.25, 0.3) is 0 Å². The summed E-state index contributed by atoms with van der Waals surface area (Å²) >= 11 is 0. The normalized spacial score (nSPS) is 12.6. The van der Waals surface area contributed by atoms with Gasteiger partial charge in [0.05, 0.1) is 32.8 Å². The zero-order valence-corrected chi connectivity index (χ0v) is 14.2. The Bertz CT molecular complexity index is 648. The van der Waals surface area contributed by atoms with Gasteiger partial charge in [0.1, 0.15) is 17.4 Å². The number of nitrogens with zero attached hydrogens (tertiary/aromatic N) is 1. The Morgan fingerprint density at radius 1 is 1.16 bits per heavy atom. The summed E-state index contributed by atoms with van der Waals surface area (Å²) in [6.07, 6.45) is -0.551. The van der Waals surface area contributed by atoms with Gasteiger partial charge in [-0.15, -0.1) is 0 Å². The molecule has 0 heterocycles. The van der Waals surface area contributed by atoms with Crippen LogP contribution in [0.4, 0.5) is 8.78 Å². The molecule has 1 aromatic carbocycles. The van der Waals surface area contributed by atoms with E-state index >= 15 is 0 Å². The maximum absolute atomic E-state index is 14.4. The van der Waals surface area contributed by atoms with Crippen LogP contribution in [-0.4, -0.2) is 32.3 Å². The SMILES string of the molecule is CCOC(=O)CC(c1c(F)cc(OC)cc1F)C(C#N)C(=O)OCC. The minimum Gasteiger partial charge on any atom is -0.497 e. The van der Waals surface area contributed by atoms with Gasteiger partial charge in [0.2, 0.25) is 0 Å². The highest BCUT2D eigenvalue weighted by Crippen LogP contribution is 2.35. The molecule has 0 spiro atoms. The second-order valence-corrected chi connectivity index (χ2v) is 4.98. The molecule has 0 bridgehead atoms. The summed E-state index contributed by atoms with van der Waals surface area (Å²) in [5, 5.41) is 9.31. The minimum atomic E-state index is -1.57. The zero-order valence-electron chi connectivity index (χ0n) is 14.2. The van der Waals surface area contributed by atoms with E-state index in [0.717, 1.165) is 12.1 Å². The largest absolute Gasteiger partial charge is 0.497 e. The van der Waals surface area contributed by atoms with Crippen LogP contribution < -0.4 is 4.74 Å². The average Bonchev–Trinajstić information content (AvgIpc) is 2.55. The summed E-state index contributed by atoms with van der Waals surface area (Å²) in [4.78, 5) is 23.8. The Balaban J connectivity index is 3.38. The van der Waals surface area contributed by atoms with Gasteiger partial charge in [0, 0.05) is 23.6 Å². The topological polar surface area (TPSA) is 85.6 Å². The lowest BCUT2D eigenvalue weighted by molar-refractivity contribution is -0.148. The molecule has 6 nitrogen and oxygen atoms in total. The number of carbonyl (C=O) groups excluding carboxylic acids is 2. The van der Waals surface area contributed by atoms with Crippen LogP contribution in [0.1, 0.15) is 31.7 Å². The number of hydrogen-bond donors (Lipinski definition) is 0. The van der Waals surface area contributed by atoms with Crippen molar-refractivity contribution < 1.29 is 32.6 Å². The smallest absolute Gasteiger partial charge is 0.323 e. The van der Waals surface area contributed by atoms with Crippen LogP contribution in [0.15, 0.2) is 12.1 Å². The van der Waals surface area contributed by atoms with Gasteiger partial charge in [-0.3, -0.25) is 9.59 Å². The number of benzene rings is 1. The average molecular weight is 355 g/mol. The highest BCUT2D eigenvalue weighted by atomic mass is 19.1. The fraction of sp³-hybridized carbons (Fsp3) is 0.471. The molecular weight excluding hydrogens is 336 g/mol. The van der Waals surface area contributed by atoms with Gasteiger partial charge in [-0.1, -0.05) is 0 Å². The van der Waals surface area contributed by atoms with E-state index in [1.165, 1.54) is 14.0 Å². The number of nitriles is 1. The van der Waals surface area contributed by atoms with Crippen molar-refractivity contribution in [2.24, 2.45) is 5.92 Å². The molecule has 1 rings (SSSR count). The molecule has 25 heavy (non-hydrogen) atoms. The summed E-state index contributed by atoms with van der Waals surface area (Å²) in [5.74, 6) is -6.85.